The summed E-state index contributed by atoms with van der Waals surface area (Å²) in [5, 5.41) is 0. The molecule has 0 atom stereocenters. The molecule has 0 amide bonds. The Morgan fingerprint density at radius 2 is 2.00 bits per heavy atom. The van der Waals surface area contributed by atoms with Crippen molar-refractivity contribution in [2.45, 2.75) is 33.7 Å². The monoisotopic (exact) mass is 374 g/mol. The van der Waals surface area contributed by atoms with E-state index >= 15 is 0 Å². The van der Waals surface area contributed by atoms with E-state index in [-0.39, 0.29) is 0 Å². The lowest BCUT2D eigenvalue weighted by atomic mass is 10.1. The summed E-state index contributed by atoms with van der Waals surface area (Å²) in [5.74, 6) is 0. The van der Waals surface area contributed by atoms with Crippen LogP contribution in [0.1, 0.15) is 32.8 Å². The Morgan fingerprint density at radius 3 is 2.61 bits per heavy atom. The summed E-state index contributed by atoms with van der Waals surface area (Å²) in [7, 11) is 0. The number of nitrogens with zero attached hydrogens (tertiary/aromatic N) is 2. The molecule has 0 aromatic carbocycles. The van der Waals surface area contributed by atoms with Gasteiger partial charge in [0.2, 0.25) is 0 Å². The second-order valence-corrected chi connectivity index (χ2v) is 6.44. The number of hydrogen-bond acceptors (Lipinski definition) is 0. The standard InChI is InChI=1S/C26H34N2/c1-7-12-15-23(6)19-27(11-5)21-25(10-4)26-17-14-18-28(22-26)20-24(9-3)16-13-8-2/h7-8,10-18,21-22H,1,4,6,9,19-20H2,2-3,5H3/q+2/b13-8-,15-12-,24-16+,25-21+,27-11?. The summed E-state index contributed by atoms with van der Waals surface area (Å²) in [6.07, 6.45) is 23.4. The van der Waals surface area contributed by atoms with Crippen LogP contribution in [0.4, 0.5) is 0 Å². The van der Waals surface area contributed by atoms with Gasteiger partial charge in [-0.25, -0.2) is 9.14 Å². The van der Waals surface area contributed by atoms with Crippen LogP contribution >= 0.6 is 0 Å². The van der Waals surface area contributed by atoms with Gasteiger partial charge in [0, 0.05) is 18.6 Å². The van der Waals surface area contributed by atoms with Gasteiger partial charge in [-0.3, -0.25) is 0 Å². The molecule has 1 heterocycles. The van der Waals surface area contributed by atoms with E-state index in [0.29, 0.717) is 0 Å². The summed E-state index contributed by atoms with van der Waals surface area (Å²) < 4.78 is 4.34. The molecule has 2 nitrogen and oxygen atoms in total. The SMILES string of the molecule is C=C/C=C\C(=C)C[N+](=CC)/C=C(\C=C)c1ccc[n+](C/C(=C/C=C\C)CC)c1. The first-order valence-electron chi connectivity index (χ1n) is 9.74. The molecule has 1 rings (SSSR count). The molecule has 2 heteroatoms. The zero-order valence-corrected chi connectivity index (χ0v) is 17.6. The number of pyridine rings is 1. The highest BCUT2D eigenvalue weighted by molar-refractivity contribution is 5.71. The van der Waals surface area contributed by atoms with E-state index in [1.54, 1.807) is 6.08 Å². The van der Waals surface area contributed by atoms with E-state index in [4.69, 9.17) is 0 Å². The fraction of sp³-hybridized carbons (Fsp3) is 0.231. The Kier molecular flexibility index (Phi) is 10.9. The number of aromatic nitrogens is 1. The van der Waals surface area contributed by atoms with Gasteiger partial charge >= 0.3 is 0 Å². The molecular formula is C26H34N2+2. The van der Waals surface area contributed by atoms with Gasteiger partial charge in [0.25, 0.3) is 0 Å². The van der Waals surface area contributed by atoms with E-state index in [2.05, 4.69) is 84.8 Å². The highest BCUT2D eigenvalue weighted by Crippen LogP contribution is 2.14. The predicted octanol–water partition coefficient (Wildman–Crippen LogP) is 5.82. The van der Waals surface area contributed by atoms with Gasteiger partial charge in [-0.15, -0.1) is 0 Å². The van der Waals surface area contributed by atoms with E-state index in [9.17, 15) is 0 Å². The summed E-state index contributed by atoms with van der Waals surface area (Å²) in [4.78, 5) is 0. The maximum absolute atomic E-state index is 4.10. The van der Waals surface area contributed by atoms with Gasteiger partial charge in [0.1, 0.15) is 6.21 Å². The Labute approximate surface area is 171 Å². The molecule has 0 unspecified atom stereocenters. The van der Waals surface area contributed by atoms with Crippen LogP contribution in [-0.2, 0) is 6.54 Å². The molecule has 146 valence electrons. The normalized spacial score (nSPS) is 13.3. The third-order valence-corrected chi connectivity index (χ3v) is 4.27. The fourth-order valence-electron chi connectivity index (χ4n) is 2.67. The topological polar surface area (TPSA) is 6.89 Å². The van der Waals surface area contributed by atoms with Crippen LogP contribution in [0.3, 0.4) is 0 Å². The van der Waals surface area contributed by atoms with Crippen LogP contribution < -0.4 is 4.57 Å². The van der Waals surface area contributed by atoms with Crippen LogP contribution in [0.5, 0.6) is 0 Å². The van der Waals surface area contributed by atoms with Crippen molar-refractivity contribution in [3.05, 3.63) is 110 Å². The lowest BCUT2D eigenvalue weighted by Crippen LogP contribution is -2.34. The largest absolute Gasteiger partial charge is 0.204 e. The predicted molar refractivity (Wildman–Crippen MR) is 123 cm³/mol. The van der Waals surface area contributed by atoms with Gasteiger partial charge in [0.15, 0.2) is 31.7 Å². The third-order valence-electron chi connectivity index (χ3n) is 4.27. The van der Waals surface area contributed by atoms with E-state index in [0.717, 1.165) is 36.2 Å². The number of rotatable bonds is 11. The minimum atomic E-state index is 0.719. The zero-order chi connectivity index (χ0) is 20.8. The molecule has 0 aliphatic heterocycles. The van der Waals surface area contributed by atoms with Crippen LogP contribution in [0.25, 0.3) is 5.57 Å². The zero-order valence-electron chi connectivity index (χ0n) is 17.6. The Bertz CT molecular complexity index is 830. The van der Waals surface area contributed by atoms with Crippen LogP contribution in [-0.4, -0.2) is 17.3 Å². The van der Waals surface area contributed by atoms with Gasteiger partial charge in [0.05, 0.1) is 11.1 Å². The molecule has 0 spiro atoms. The molecular weight excluding hydrogens is 340 g/mol. The molecule has 0 N–H and O–H groups in total. The summed E-state index contributed by atoms with van der Waals surface area (Å²) in [5.41, 5.74) is 4.61. The van der Waals surface area contributed by atoms with Crippen molar-refractivity contribution in [2.24, 2.45) is 0 Å². The molecule has 0 aliphatic carbocycles. The maximum atomic E-state index is 4.10. The number of hydrogen-bond donors (Lipinski definition) is 0. The first-order valence-corrected chi connectivity index (χ1v) is 9.74. The van der Waals surface area contributed by atoms with E-state index in [1.807, 2.05) is 38.3 Å². The summed E-state index contributed by atoms with van der Waals surface area (Å²) in [6.45, 7) is 19.7. The smallest absolute Gasteiger partial charge is 0.177 e. The van der Waals surface area contributed by atoms with Gasteiger partial charge < -0.3 is 0 Å². The van der Waals surface area contributed by atoms with Gasteiger partial charge in [-0.1, -0.05) is 69.2 Å². The van der Waals surface area contributed by atoms with Crippen molar-refractivity contribution >= 4 is 11.8 Å². The second kappa shape index (κ2) is 13.2. The molecule has 1 aromatic rings. The van der Waals surface area contributed by atoms with Crippen LogP contribution in [0.15, 0.2) is 104 Å². The summed E-state index contributed by atoms with van der Waals surface area (Å²) in [6, 6.07) is 4.20. The molecule has 0 radical (unpaired) electrons. The average molecular weight is 375 g/mol. The third kappa shape index (κ3) is 8.13. The minimum Gasteiger partial charge on any atom is -0.204 e. The minimum absolute atomic E-state index is 0.719. The quantitative estimate of drug-likeness (QED) is 0.262. The van der Waals surface area contributed by atoms with E-state index in [1.165, 1.54) is 5.57 Å². The molecule has 1 aromatic heterocycles. The molecule has 0 fully saturated rings. The van der Waals surface area contributed by atoms with Crippen molar-refractivity contribution in [3.8, 4) is 0 Å². The van der Waals surface area contributed by atoms with Crippen molar-refractivity contribution in [2.75, 3.05) is 6.54 Å². The lowest BCUT2D eigenvalue weighted by molar-refractivity contribution is -0.689. The highest BCUT2D eigenvalue weighted by atomic mass is 15.0. The summed E-state index contributed by atoms with van der Waals surface area (Å²) >= 11 is 0. The Morgan fingerprint density at radius 1 is 1.21 bits per heavy atom. The van der Waals surface area contributed by atoms with Crippen LogP contribution in [0.2, 0.25) is 0 Å². The second-order valence-electron chi connectivity index (χ2n) is 6.44. The highest BCUT2D eigenvalue weighted by Gasteiger charge is 2.10. The fourth-order valence-corrected chi connectivity index (χ4v) is 2.67. The van der Waals surface area contributed by atoms with E-state index < -0.39 is 0 Å². The Balaban J connectivity index is 3.09. The van der Waals surface area contributed by atoms with Crippen LogP contribution in [0, 0.1) is 0 Å². The lowest BCUT2D eigenvalue weighted by Gasteiger charge is -2.04. The first-order chi connectivity index (χ1) is 13.6. The Hall–Kier alpha value is -3.00. The van der Waals surface area contributed by atoms with Gasteiger partial charge in [-0.05, 0) is 25.0 Å². The first kappa shape index (κ1) is 23.0. The maximum Gasteiger partial charge on any atom is 0.177 e. The van der Waals surface area contributed by atoms with Crippen molar-refractivity contribution in [3.63, 3.8) is 0 Å². The molecule has 0 bridgehead atoms. The molecule has 0 saturated carbocycles. The number of allylic oxidation sites excluding steroid dienone is 8. The van der Waals surface area contributed by atoms with Crippen molar-refractivity contribution in [1.29, 1.82) is 0 Å². The average Bonchev–Trinajstić information content (AvgIpc) is 2.72. The van der Waals surface area contributed by atoms with Gasteiger partial charge in [-0.2, -0.15) is 0 Å². The molecule has 0 saturated heterocycles. The molecule has 28 heavy (non-hydrogen) atoms. The molecule has 0 aliphatic rings. The van der Waals surface area contributed by atoms with Crippen molar-refractivity contribution < 1.29 is 9.14 Å². The van der Waals surface area contributed by atoms with Crippen molar-refractivity contribution in [1.82, 2.24) is 0 Å².